The quantitative estimate of drug-likeness (QED) is 0.560. The fourth-order valence-electron chi connectivity index (χ4n) is 0.629. The molecule has 1 aromatic heterocycles. The van der Waals surface area contributed by atoms with Crippen molar-refractivity contribution in [1.29, 1.82) is 0 Å². The minimum Gasteiger partial charge on any atom is -0.506 e. The van der Waals surface area contributed by atoms with Gasteiger partial charge >= 0.3 is 0 Å². The van der Waals surface area contributed by atoms with Gasteiger partial charge in [-0.05, 0) is 6.92 Å². The van der Waals surface area contributed by atoms with E-state index in [0.717, 1.165) is 0 Å². The Morgan fingerprint density at radius 3 is 2.80 bits per heavy atom. The van der Waals surface area contributed by atoms with Gasteiger partial charge in [0.15, 0.2) is 5.15 Å². The van der Waals surface area contributed by atoms with Gasteiger partial charge in [0.1, 0.15) is 11.4 Å². The molecule has 0 fully saturated rings. The van der Waals surface area contributed by atoms with Gasteiger partial charge in [0, 0.05) is 11.8 Å². The summed E-state index contributed by atoms with van der Waals surface area (Å²) in [5.41, 5.74) is 6.09. The molecule has 0 unspecified atom stereocenters. The molecule has 0 amide bonds. The van der Waals surface area contributed by atoms with Gasteiger partial charge < -0.3 is 10.8 Å². The van der Waals surface area contributed by atoms with Gasteiger partial charge in [0.25, 0.3) is 0 Å². The molecule has 3 nitrogen and oxygen atoms in total. The Morgan fingerprint density at radius 2 is 2.30 bits per heavy atom. The predicted octanol–water partition coefficient (Wildman–Crippen LogP) is 1.33. The Labute approximate surface area is 63.5 Å². The van der Waals surface area contributed by atoms with Crippen LogP contribution in [-0.2, 0) is 0 Å². The van der Waals surface area contributed by atoms with Crippen LogP contribution in [0.1, 0.15) is 5.69 Å². The van der Waals surface area contributed by atoms with E-state index in [1.54, 1.807) is 6.92 Å². The lowest BCUT2D eigenvalue weighted by molar-refractivity contribution is 0.476. The lowest BCUT2D eigenvalue weighted by atomic mass is 10.3. The van der Waals surface area contributed by atoms with Crippen molar-refractivity contribution < 1.29 is 5.11 Å². The molecule has 0 bridgehead atoms. The molecule has 1 heterocycles. The highest BCUT2D eigenvalue weighted by atomic mass is 35.5. The first-order chi connectivity index (χ1) is 4.61. The fraction of sp³-hybridized carbons (Fsp3) is 0.167. The number of rotatable bonds is 0. The van der Waals surface area contributed by atoms with Gasteiger partial charge in [0.2, 0.25) is 0 Å². The zero-order valence-corrected chi connectivity index (χ0v) is 6.18. The summed E-state index contributed by atoms with van der Waals surface area (Å²) in [4.78, 5) is 3.81. The maximum absolute atomic E-state index is 9.03. The van der Waals surface area contributed by atoms with Crippen LogP contribution in [0.15, 0.2) is 6.07 Å². The summed E-state index contributed by atoms with van der Waals surface area (Å²) in [6.45, 7) is 1.73. The number of hydrogen-bond acceptors (Lipinski definition) is 3. The van der Waals surface area contributed by atoms with Crippen LogP contribution in [0.3, 0.4) is 0 Å². The summed E-state index contributed by atoms with van der Waals surface area (Å²) in [5, 5.41) is 9.18. The SMILES string of the molecule is Cc1cc(O)c(N)c(Cl)n1. The third-order valence-electron chi connectivity index (χ3n) is 1.12. The molecule has 0 aliphatic carbocycles. The summed E-state index contributed by atoms with van der Waals surface area (Å²) >= 11 is 5.52. The molecule has 54 valence electrons. The van der Waals surface area contributed by atoms with Gasteiger partial charge in [-0.25, -0.2) is 4.98 Å². The Balaban J connectivity index is 3.31. The number of aryl methyl sites for hydroxylation is 1. The van der Waals surface area contributed by atoms with Crippen LogP contribution in [0.4, 0.5) is 5.69 Å². The van der Waals surface area contributed by atoms with E-state index in [0.29, 0.717) is 5.69 Å². The van der Waals surface area contributed by atoms with Gasteiger partial charge in [-0.3, -0.25) is 0 Å². The van der Waals surface area contributed by atoms with Crippen molar-refractivity contribution in [3.63, 3.8) is 0 Å². The number of aromatic nitrogens is 1. The highest BCUT2D eigenvalue weighted by Gasteiger charge is 2.03. The van der Waals surface area contributed by atoms with Crippen LogP contribution in [0, 0.1) is 6.92 Å². The lowest BCUT2D eigenvalue weighted by Crippen LogP contribution is -1.91. The number of aromatic hydroxyl groups is 1. The van der Waals surface area contributed by atoms with Gasteiger partial charge in [-0.2, -0.15) is 0 Å². The van der Waals surface area contributed by atoms with Crippen LogP contribution in [0.5, 0.6) is 5.75 Å². The van der Waals surface area contributed by atoms with Crippen molar-refractivity contribution in [3.8, 4) is 5.75 Å². The fourth-order valence-corrected chi connectivity index (χ4v) is 0.859. The standard InChI is InChI=1S/C6H7ClN2O/c1-3-2-4(10)5(8)6(7)9-3/h2H,8H2,1H3,(H,9,10). The highest BCUT2D eigenvalue weighted by Crippen LogP contribution is 2.26. The molecule has 0 saturated carbocycles. The average Bonchev–Trinajstić information content (AvgIpc) is 1.82. The molecule has 4 heteroatoms. The second-order valence-electron chi connectivity index (χ2n) is 1.99. The molecule has 1 rings (SSSR count). The second-order valence-corrected chi connectivity index (χ2v) is 2.35. The number of pyridine rings is 1. The van der Waals surface area contributed by atoms with Crippen molar-refractivity contribution >= 4 is 17.3 Å². The molecule has 0 atom stereocenters. The van der Waals surface area contributed by atoms with E-state index in [1.165, 1.54) is 6.07 Å². The second kappa shape index (κ2) is 2.34. The maximum atomic E-state index is 9.03. The summed E-state index contributed by atoms with van der Waals surface area (Å²) < 4.78 is 0. The van der Waals surface area contributed by atoms with E-state index >= 15 is 0 Å². The molecular formula is C6H7ClN2O. The molecule has 0 aliphatic heterocycles. The van der Waals surface area contributed by atoms with Crippen molar-refractivity contribution in [2.75, 3.05) is 5.73 Å². The van der Waals surface area contributed by atoms with Crippen molar-refractivity contribution in [2.45, 2.75) is 6.92 Å². The molecule has 0 aromatic carbocycles. The Morgan fingerprint density at radius 1 is 1.70 bits per heavy atom. The van der Waals surface area contributed by atoms with Gasteiger partial charge in [0.05, 0.1) is 0 Å². The third kappa shape index (κ3) is 1.14. The summed E-state index contributed by atoms with van der Waals surface area (Å²) in [6.07, 6.45) is 0. The zero-order valence-electron chi connectivity index (χ0n) is 5.43. The van der Waals surface area contributed by atoms with Gasteiger partial charge in [-0.1, -0.05) is 11.6 Å². The van der Waals surface area contributed by atoms with Crippen molar-refractivity contribution in [2.24, 2.45) is 0 Å². The number of nitrogens with two attached hydrogens (primary N) is 1. The van der Waals surface area contributed by atoms with E-state index in [-0.39, 0.29) is 16.6 Å². The molecular weight excluding hydrogens is 152 g/mol. The van der Waals surface area contributed by atoms with Crippen molar-refractivity contribution in [1.82, 2.24) is 4.98 Å². The normalized spacial score (nSPS) is 9.80. The van der Waals surface area contributed by atoms with Gasteiger partial charge in [-0.15, -0.1) is 0 Å². The Kier molecular flexibility index (Phi) is 1.68. The molecule has 0 aliphatic rings. The van der Waals surface area contributed by atoms with E-state index in [2.05, 4.69) is 4.98 Å². The first kappa shape index (κ1) is 7.15. The first-order valence-electron chi connectivity index (χ1n) is 2.73. The third-order valence-corrected chi connectivity index (χ3v) is 1.41. The zero-order chi connectivity index (χ0) is 7.72. The number of halogens is 1. The minimum absolute atomic E-state index is 0.0162. The molecule has 0 spiro atoms. The van der Waals surface area contributed by atoms with E-state index in [4.69, 9.17) is 22.4 Å². The molecule has 0 saturated heterocycles. The maximum Gasteiger partial charge on any atom is 0.155 e. The first-order valence-corrected chi connectivity index (χ1v) is 3.10. The van der Waals surface area contributed by atoms with Crippen LogP contribution in [-0.4, -0.2) is 10.1 Å². The highest BCUT2D eigenvalue weighted by molar-refractivity contribution is 6.32. The minimum atomic E-state index is -0.0162. The molecule has 1 aromatic rings. The lowest BCUT2D eigenvalue weighted by Gasteiger charge is -2.00. The number of nitrogen functional groups attached to an aromatic ring is 1. The number of nitrogens with zero attached hydrogens (tertiary/aromatic N) is 1. The van der Waals surface area contributed by atoms with Crippen LogP contribution in [0.25, 0.3) is 0 Å². The number of anilines is 1. The topological polar surface area (TPSA) is 59.1 Å². The Hall–Kier alpha value is -0.960. The largest absolute Gasteiger partial charge is 0.506 e. The molecule has 0 radical (unpaired) electrons. The number of hydrogen-bond donors (Lipinski definition) is 2. The predicted molar refractivity (Wildman–Crippen MR) is 40.1 cm³/mol. The summed E-state index contributed by atoms with van der Waals surface area (Å²) in [5.74, 6) is -0.0162. The summed E-state index contributed by atoms with van der Waals surface area (Å²) in [6, 6.07) is 1.46. The summed E-state index contributed by atoms with van der Waals surface area (Å²) in [7, 11) is 0. The Bertz CT molecular complexity index is 239. The van der Waals surface area contributed by atoms with Crippen molar-refractivity contribution in [3.05, 3.63) is 16.9 Å². The van der Waals surface area contributed by atoms with Crippen LogP contribution < -0.4 is 5.73 Å². The monoisotopic (exact) mass is 158 g/mol. The van der Waals surface area contributed by atoms with E-state index < -0.39 is 0 Å². The smallest absolute Gasteiger partial charge is 0.155 e. The average molecular weight is 159 g/mol. The molecule has 3 N–H and O–H groups in total. The van der Waals surface area contributed by atoms with Crippen LogP contribution >= 0.6 is 11.6 Å². The van der Waals surface area contributed by atoms with Crippen LogP contribution in [0.2, 0.25) is 5.15 Å². The molecule has 10 heavy (non-hydrogen) atoms. The van der Waals surface area contributed by atoms with E-state index in [9.17, 15) is 0 Å². The van der Waals surface area contributed by atoms with E-state index in [1.807, 2.05) is 0 Å².